The largest absolute Gasteiger partial charge is 0.311 e. The van der Waals surface area contributed by atoms with Crippen LogP contribution in [-0.4, -0.2) is 0 Å². The molecule has 0 fully saturated rings. The van der Waals surface area contributed by atoms with Crippen molar-refractivity contribution in [3.05, 3.63) is 601 Å². The number of hydrogen-bond donors (Lipinski definition) is 0. The number of benzene rings is 24. The zero-order valence-corrected chi connectivity index (χ0v) is 78.0. The van der Waals surface area contributed by atoms with Crippen molar-refractivity contribution >= 4 is 83.5 Å². The van der Waals surface area contributed by atoms with Crippen molar-refractivity contribution in [2.75, 3.05) is 14.7 Å². The van der Waals surface area contributed by atoms with Gasteiger partial charge in [0.15, 0.2) is 0 Å². The molecule has 666 valence electrons. The number of rotatable bonds is 21. The highest BCUT2D eigenvalue weighted by atomic mass is 15.2. The Hall–Kier alpha value is -18.5. The third kappa shape index (κ3) is 19.9. The van der Waals surface area contributed by atoms with Crippen LogP contribution in [0.25, 0.3) is 166 Å². The van der Waals surface area contributed by atoms with Crippen LogP contribution in [0.1, 0.15) is 0 Å². The van der Waals surface area contributed by atoms with E-state index in [-0.39, 0.29) is 0 Å². The molecule has 0 aliphatic carbocycles. The number of hydrogen-bond acceptors (Lipinski definition) is 3. The minimum absolute atomic E-state index is 1.11. The zero-order valence-electron chi connectivity index (χ0n) is 78.0. The van der Waals surface area contributed by atoms with Crippen molar-refractivity contribution in [2.45, 2.75) is 0 Å². The third-order valence-corrected chi connectivity index (χ3v) is 26.5. The summed E-state index contributed by atoms with van der Waals surface area (Å²) in [6, 6.07) is 215. The minimum atomic E-state index is 1.11. The second-order valence-electron chi connectivity index (χ2n) is 35.5. The fourth-order valence-corrected chi connectivity index (χ4v) is 19.3. The molecule has 0 bridgehead atoms. The first kappa shape index (κ1) is 87.8. The van der Waals surface area contributed by atoms with E-state index >= 15 is 0 Å². The van der Waals surface area contributed by atoms with Crippen LogP contribution in [0.3, 0.4) is 0 Å². The van der Waals surface area contributed by atoms with Gasteiger partial charge < -0.3 is 14.7 Å². The molecule has 141 heavy (non-hydrogen) atoms. The highest BCUT2D eigenvalue weighted by molar-refractivity contribution is 5.98. The Morgan fingerprint density at radius 3 is 0.560 bits per heavy atom. The SMILES string of the molecule is c1ccc(-c2cc(-c3ccccc3)cc(N(c3ccccc3)c3ccc(-c4ccc5ccc(-c6ccccc6)cc5c4)cc3)c2)cc1.c1ccc(-c2ccc(N(c3ccccc3)c3ccc(-c4ccc5ccc(-c6ccccc6)cc5c4)cc3)c(-c3ccccc3)c2)cc1.c1ccc(-c2ccc3ccc(-c4ccc(N(c5ccccc5)c5ccc(-c6ccccc6-c6ccccc6)cc5)cc4)cc3c2)cc1. The van der Waals surface area contributed by atoms with Gasteiger partial charge in [-0.2, -0.15) is 0 Å². The summed E-state index contributed by atoms with van der Waals surface area (Å²) in [5.41, 5.74) is 39.1. The molecule has 0 unspecified atom stereocenters. The smallest absolute Gasteiger partial charge is 0.0540 e. The third-order valence-electron chi connectivity index (χ3n) is 26.5. The van der Waals surface area contributed by atoms with E-state index in [9.17, 15) is 0 Å². The van der Waals surface area contributed by atoms with E-state index in [1.54, 1.807) is 0 Å². The summed E-state index contributed by atoms with van der Waals surface area (Å²) < 4.78 is 0. The maximum absolute atomic E-state index is 2.37. The van der Waals surface area contributed by atoms with E-state index in [4.69, 9.17) is 0 Å². The average Bonchev–Trinajstić information content (AvgIpc) is 0.774. The molecule has 0 amide bonds. The van der Waals surface area contributed by atoms with Crippen LogP contribution in [0.4, 0.5) is 51.2 Å². The molecule has 0 saturated carbocycles. The fraction of sp³-hybridized carbons (Fsp3) is 0. The maximum Gasteiger partial charge on any atom is 0.0540 e. The predicted molar refractivity (Wildman–Crippen MR) is 601 cm³/mol. The van der Waals surface area contributed by atoms with E-state index in [1.807, 2.05) is 0 Å². The molecule has 24 aromatic carbocycles. The van der Waals surface area contributed by atoms with Gasteiger partial charge in [0.05, 0.1) is 5.69 Å². The van der Waals surface area contributed by atoms with Gasteiger partial charge in [-0.3, -0.25) is 0 Å². The van der Waals surface area contributed by atoms with E-state index < -0.39 is 0 Å². The summed E-state index contributed by atoms with van der Waals surface area (Å²) >= 11 is 0. The lowest BCUT2D eigenvalue weighted by Gasteiger charge is -2.28. The second kappa shape index (κ2) is 41.3. The van der Waals surface area contributed by atoms with Crippen molar-refractivity contribution in [3.63, 3.8) is 0 Å². The van der Waals surface area contributed by atoms with E-state index in [2.05, 4.69) is 615 Å². The van der Waals surface area contributed by atoms with Crippen molar-refractivity contribution < 1.29 is 0 Å². The van der Waals surface area contributed by atoms with E-state index in [1.165, 1.54) is 166 Å². The van der Waals surface area contributed by atoms with Gasteiger partial charge in [0.25, 0.3) is 0 Å². The quantitative estimate of drug-likeness (QED) is 0.0710. The lowest BCUT2D eigenvalue weighted by atomic mass is 9.94. The Labute approximate surface area is 826 Å². The fourth-order valence-electron chi connectivity index (χ4n) is 19.3. The van der Waals surface area contributed by atoms with Gasteiger partial charge in [0.2, 0.25) is 0 Å². The van der Waals surface area contributed by atoms with Gasteiger partial charge in [-0.1, -0.05) is 449 Å². The molecule has 3 nitrogen and oxygen atoms in total. The lowest BCUT2D eigenvalue weighted by Crippen LogP contribution is -2.11. The van der Waals surface area contributed by atoms with Crippen LogP contribution >= 0.6 is 0 Å². The normalized spacial score (nSPS) is 11.0. The summed E-state index contributed by atoms with van der Waals surface area (Å²) in [7, 11) is 0. The molecule has 0 aromatic heterocycles. The summed E-state index contributed by atoms with van der Waals surface area (Å²) in [6.45, 7) is 0. The average molecular weight is 1800 g/mol. The molecule has 24 rings (SSSR count). The Morgan fingerprint density at radius 2 is 0.270 bits per heavy atom. The maximum atomic E-state index is 2.37. The van der Waals surface area contributed by atoms with E-state index in [0.29, 0.717) is 0 Å². The lowest BCUT2D eigenvalue weighted by molar-refractivity contribution is 1.28. The number of nitrogens with zero attached hydrogens (tertiary/aromatic N) is 3. The minimum Gasteiger partial charge on any atom is -0.311 e. The molecule has 0 atom stereocenters. The number of para-hydroxylation sites is 3. The molecular weight excluding hydrogens is 1700 g/mol. The van der Waals surface area contributed by atoms with Crippen molar-refractivity contribution in [2.24, 2.45) is 0 Å². The van der Waals surface area contributed by atoms with Gasteiger partial charge in [-0.05, 0) is 312 Å². The van der Waals surface area contributed by atoms with Crippen LogP contribution in [0, 0.1) is 0 Å². The standard InChI is InChI=1S/3C46H33N/c1-5-13-34(14-6-1)39-23-21-37-22-24-40(32-42(37)31-39)36-25-28-44(29-26-36)47(43-19-11-4-12-20-43)46-30-27-41(35-15-7-2-8-16-35)33-45(46)38-17-9-3-10-18-38;1-5-13-34(14-6-1)39-23-21-38-22-24-40(30-41(38)29-39)37-25-27-45(28-26-37)47(44-19-11-4-12-20-44)46-32-42(35-15-7-2-8-16-35)31-43(33-46)36-17-9-3-10-18-36;1-4-12-34(13-5-1)39-22-20-36-21-23-40(33-41(36)32-39)35-24-28-43(29-25-35)47(42-16-8-3-9-17-42)44-30-26-38(27-31-44)46-19-11-10-18-45(46)37-14-6-2-7-15-37/h3*1-33H. The Bertz CT molecular complexity index is 8290. The first-order chi connectivity index (χ1) is 69.9. The molecular formula is C138H99N3. The topological polar surface area (TPSA) is 9.72 Å². The zero-order chi connectivity index (χ0) is 94.3. The molecule has 0 aliphatic rings. The van der Waals surface area contributed by atoms with Crippen LogP contribution in [0.2, 0.25) is 0 Å². The molecule has 0 aliphatic heterocycles. The van der Waals surface area contributed by atoms with Crippen LogP contribution in [0.15, 0.2) is 601 Å². The van der Waals surface area contributed by atoms with Crippen molar-refractivity contribution in [1.29, 1.82) is 0 Å². The molecule has 0 radical (unpaired) electrons. The highest BCUT2D eigenvalue weighted by Gasteiger charge is 2.23. The highest BCUT2D eigenvalue weighted by Crippen LogP contribution is 2.47. The first-order valence-electron chi connectivity index (χ1n) is 48.3. The van der Waals surface area contributed by atoms with Gasteiger partial charge in [-0.25, -0.2) is 0 Å². The van der Waals surface area contributed by atoms with Crippen LogP contribution in [-0.2, 0) is 0 Å². The Balaban J connectivity index is 0.000000121. The molecule has 3 heteroatoms. The van der Waals surface area contributed by atoms with Gasteiger partial charge in [0.1, 0.15) is 0 Å². The number of anilines is 9. The molecule has 0 heterocycles. The summed E-state index contributed by atoms with van der Waals surface area (Å²) in [5.74, 6) is 0. The van der Waals surface area contributed by atoms with Gasteiger partial charge in [0, 0.05) is 51.1 Å². The Morgan fingerprint density at radius 1 is 0.0851 bits per heavy atom. The second-order valence-corrected chi connectivity index (χ2v) is 35.5. The molecule has 0 N–H and O–H groups in total. The van der Waals surface area contributed by atoms with Crippen molar-refractivity contribution in [1.82, 2.24) is 0 Å². The first-order valence-corrected chi connectivity index (χ1v) is 48.3. The Kier molecular flexibility index (Phi) is 25.7. The van der Waals surface area contributed by atoms with Crippen molar-refractivity contribution in [3.8, 4) is 134 Å². The summed E-state index contributed by atoms with van der Waals surface area (Å²) in [4.78, 5) is 7.05. The molecule has 0 saturated heterocycles. The summed E-state index contributed by atoms with van der Waals surface area (Å²) in [5, 5.41) is 7.46. The summed E-state index contributed by atoms with van der Waals surface area (Å²) in [6.07, 6.45) is 0. The van der Waals surface area contributed by atoms with Gasteiger partial charge >= 0.3 is 0 Å². The number of fused-ring (bicyclic) bond motifs is 3. The monoisotopic (exact) mass is 1800 g/mol. The van der Waals surface area contributed by atoms with Crippen LogP contribution < -0.4 is 14.7 Å². The predicted octanol–water partition coefficient (Wildman–Crippen LogP) is 38.9. The molecule has 24 aromatic rings. The van der Waals surface area contributed by atoms with Crippen LogP contribution in [0.5, 0.6) is 0 Å². The van der Waals surface area contributed by atoms with E-state index in [0.717, 1.165) is 51.2 Å². The molecule has 0 spiro atoms. The van der Waals surface area contributed by atoms with Gasteiger partial charge in [-0.15, -0.1) is 0 Å².